The lowest BCUT2D eigenvalue weighted by Gasteiger charge is -2.24. The molecule has 1 unspecified atom stereocenters. The van der Waals surface area contributed by atoms with Crippen LogP contribution in [0.3, 0.4) is 0 Å². The quantitative estimate of drug-likeness (QED) is 0.534. The molecule has 3 nitrogen and oxygen atoms in total. The zero-order chi connectivity index (χ0) is 8.65. The Morgan fingerprint density at radius 1 is 1.73 bits per heavy atom. The first kappa shape index (κ1) is 7.85. The van der Waals surface area contributed by atoms with E-state index in [0.29, 0.717) is 5.76 Å². The third kappa shape index (κ3) is 0.843. The van der Waals surface area contributed by atoms with Crippen molar-refractivity contribution in [1.29, 1.82) is 0 Å². The molecular weight excluding hydrogens is 142 g/mol. The van der Waals surface area contributed by atoms with Crippen LogP contribution in [0, 0.1) is 0 Å². The molecule has 0 aliphatic carbocycles. The van der Waals surface area contributed by atoms with Crippen LogP contribution in [0.5, 0.6) is 0 Å². The van der Waals surface area contributed by atoms with E-state index in [4.69, 9.17) is 4.74 Å². The minimum absolute atomic E-state index is 0.377. The number of amides is 1. The van der Waals surface area contributed by atoms with Crippen LogP contribution in [-0.4, -0.2) is 23.6 Å². The number of hydrogen-bond donors (Lipinski definition) is 0. The van der Waals surface area contributed by atoms with E-state index < -0.39 is 5.54 Å². The number of carbonyl (C=O) groups excluding carboxylic acids is 1. The summed E-state index contributed by atoms with van der Waals surface area (Å²) in [5.74, 6) is 0.431. The van der Waals surface area contributed by atoms with Crippen LogP contribution in [0.4, 0.5) is 4.79 Å². The average Bonchev–Trinajstić information content (AvgIpc) is 2.16. The lowest BCUT2D eigenvalue weighted by molar-refractivity contribution is 0.170. The zero-order valence-electron chi connectivity index (χ0n) is 6.76. The molecule has 0 N–H and O–H groups in total. The van der Waals surface area contributed by atoms with Gasteiger partial charge in [-0.2, -0.15) is 0 Å². The second-order valence-electron chi connectivity index (χ2n) is 2.70. The molecule has 60 valence electrons. The second kappa shape index (κ2) is 2.12. The second-order valence-corrected chi connectivity index (χ2v) is 2.70. The van der Waals surface area contributed by atoms with Gasteiger partial charge in [-0.15, -0.1) is 6.58 Å². The molecule has 1 rings (SSSR count). The number of cyclic esters (lactones) is 1. The molecule has 0 aromatic carbocycles. The summed E-state index contributed by atoms with van der Waals surface area (Å²) in [7, 11) is 1.65. The van der Waals surface area contributed by atoms with Crippen LogP contribution in [0.25, 0.3) is 0 Å². The van der Waals surface area contributed by atoms with Gasteiger partial charge in [-0.05, 0) is 6.92 Å². The maximum atomic E-state index is 11.0. The molecule has 1 amide bonds. The molecule has 0 spiro atoms. The fourth-order valence-electron chi connectivity index (χ4n) is 0.905. The number of nitrogens with zero attached hydrogens (tertiary/aromatic N) is 1. The van der Waals surface area contributed by atoms with Gasteiger partial charge in [0.15, 0.2) is 0 Å². The molecule has 1 aliphatic heterocycles. The molecule has 1 atom stereocenters. The number of likely N-dealkylation sites (N-methyl/N-ethyl adjacent to an activating group) is 1. The van der Waals surface area contributed by atoms with Crippen molar-refractivity contribution in [2.45, 2.75) is 12.5 Å². The van der Waals surface area contributed by atoms with Crippen molar-refractivity contribution in [3.63, 3.8) is 0 Å². The molecule has 0 aromatic rings. The largest absolute Gasteiger partial charge is 0.415 e. The first-order chi connectivity index (χ1) is 5.02. The summed E-state index contributed by atoms with van der Waals surface area (Å²) < 4.78 is 4.80. The van der Waals surface area contributed by atoms with Gasteiger partial charge in [0.25, 0.3) is 0 Å². The SMILES string of the molecule is C=CC1(C)C(=C)OC(=O)N1C. The Labute approximate surface area is 65.9 Å². The Balaban J connectivity index is 3.05. The highest BCUT2D eigenvalue weighted by Gasteiger charge is 2.42. The molecule has 0 saturated carbocycles. The van der Waals surface area contributed by atoms with Crippen molar-refractivity contribution in [3.8, 4) is 0 Å². The first-order valence-corrected chi connectivity index (χ1v) is 3.31. The highest BCUT2D eigenvalue weighted by Crippen LogP contribution is 2.31. The van der Waals surface area contributed by atoms with E-state index in [1.807, 2.05) is 6.92 Å². The van der Waals surface area contributed by atoms with E-state index in [1.54, 1.807) is 13.1 Å². The van der Waals surface area contributed by atoms with E-state index in [2.05, 4.69) is 13.2 Å². The van der Waals surface area contributed by atoms with Gasteiger partial charge in [0.1, 0.15) is 11.3 Å². The fourth-order valence-corrected chi connectivity index (χ4v) is 0.905. The van der Waals surface area contributed by atoms with Crippen LogP contribution >= 0.6 is 0 Å². The van der Waals surface area contributed by atoms with Crippen molar-refractivity contribution in [2.24, 2.45) is 0 Å². The molecule has 1 aliphatic rings. The molecule has 1 saturated heterocycles. The summed E-state index contributed by atoms with van der Waals surface area (Å²) in [5, 5.41) is 0. The average molecular weight is 153 g/mol. The van der Waals surface area contributed by atoms with E-state index in [-0.39, 0.29) is 6.09 Å². The maximum absolute atomic E-state index is 11.0. The number of carbonyl (C=O) groups is 1. The summed E-state index contributed by atoms with van der Waals surface area (Å²) in [4.78, 5) is 12.4. The van der Waals surface area contributed by atoms with E-state index >= 15 is 0 Å². The van der Waals surface area contributed by atoms with Crippen LogP contribution in [0.1, 0.15) is 6.92 Å². The minimum atomic E-state index is -0.545. The lowest BCUT2D eigenvalue weighted by atomic mass is 10.0. The molecule has 0 radical (unpaired) electrons. The molecule has 11 heavy (non-hydrogen) atoms. The van der Waals surface area contributed by atoms with Gasteiger partial charge < -0.3 is 4.74 Å². The van der Waals surface area contributed by atoms with Crippen molar-refractivity contribution < 1.29 is 9.53 Å². The highest BCUT2D eigenvalue weighted by atomic mass is 16.6. The predicted molar refractivity (Wildman–Crippen MR) is 42.0 cm³/mol. The number of ether oxygens (including phenoxy) is 1. The molecular formula is C8H11NO2. The Hall–Kier alpha value is -1.25. The van der Waals surface area contributed by atoms with E-state index in [9.17, 15) is 4.79 Å². The molecule has 1 heterocycles. The van der Waals surface area contributed by atoms with Crippen molar-refractivity contribution in [3.05, 3.63) is 25.0 Å². The number of rotatable bonds is 1. The molecule has 0 bridgehead atoms. The summed E-state index contributed by atoms with van der Waals surface area (Å²) in [6.45, 7) is 9.06. The normalized spacial score (nSPS) is 30.5. The standard InChI is InChI=1S/C8H11NO2/c1-5-8(3)6(2)11-7(10)9(8)4/h5H,1-2H2,3-4H3. The van der Waals surface area contributed by atoms with Crippen molar-refractivity contribution >= 4 is 6.09 Å². The summed E-state index contributed by atoms with van der Waals surface area (Å²) in [6.07, 6.45) is 1.26. The van der Waals surface area contributed by atoms with Crippen molar-refractivity contribution in [2.75, 3.05) is 7.05 Å². The van der Waals surface area contributed by atoms with E-state index in [0.717, 1.165) is 0 Å². The molecule has 1 fully saturated rings. The van der Waals surface area contributed by atoms with Crippen LogP contribution in [-0.2, 0) is 4.74 Å². The van der Waals surface area contributed by atoms with Crippen LogP contribution in [0.15, 0.2) is 25.0 Å². The van der Waals surface area contributed by atoms with E-state index in [1.165, 1.54) is 4.90 Å². The van der Waals surface area contributed by atoms with Crippen LogP contribution < -0.4 is 0 Å². The third-order valence-corrected chi connectivity index (χ3v) is 2.14. The summed E-state index contributed by atoms with van der Waals surface area (Å²) in [5.41, 5.74) is -0.545. The van der Waals surface area contributed by atoms with Gasteiger partial charge in [-0.3, -0.25) is 4.90 Å². The first-order valence-electron chi connectivity index (χ1n) is 3.31. The van der Waals surface area contributed by atoms with Gasteiger partial charge in [-0.1, -0.05) is 12.7 Å². The highest BCUT2D eigenvalue weighted by molar-refractivity contribution is 5.74. The smallest absolute Gasteiger partial charge is 0.412 e. The monoisotopic (exact) mass is 153 g/mol. The Morgan fingerprint density at radius 2 is 2.27 bits per heavy atom. The lowest BCUT2D eigenvalue weighted by Crippen LogP contribution is -2.38. The van der Waals surface area contributed by atoms with Gasteiger partial charge in [-0.25, -0.2) is 4.79 Å². The Kier molecular flexibility index (Phi) is 1.51. The summed E-state index contributed by atoms with van der Waals surface area (Å²) in [6, 6.07) is 0. The van der Waals surface area contributed by atoms with Crippen LogP contribution in [0.2, 0.25) is 0 Å². The fraction of sp³-hybridized carbons (Fsp3) is 0.375. The van der Waals surface area contributed by atoms with Gasteiger partial charge in [0.2, 0.25) is 0 Å². The Morgan fingerprint density at radius 3 is 2.45 bits per heavy atom. The predicted octanol–water partition coefficient (Wildman–Crippen LogP) is 1.53. The maximum Gasteiger partial charge on any atom is 0.415 e. The van der Waals surface area contributed by atoms with Crippen molar-refractivity contribution in [1.82, 2.24) is 4.90 Å². The Bertz CT molecular complexity index is 234. The third-order valence-electron chi connectivity index (χ3n) is 2.14. The van der Waals surface area contributed by atoms with Gasteiger partial charge >= 0.3 is 6.09 Å². The van der Waals surface area contributed by atoms with Gasteiger partial charge in [0, 0.05) is 7.05 Å². The molecule has 3 heteroatoms. The minimum Gasteiger partial charge on any atom is -0.412 e. The number of hydrogen-bond acceptors (Lipinski definition) is 2. The zero-order valence-corrected chi connectivity index (χ0v) is 6.76. The molecule has 0 aromatic heterocycles. The summed E-state index contributed by atoms with van der Waals surface area (Å²) >= 11 is 0. The topological polar surface area (TPSA) is 29.5 Å². The van der Waals surface area contributed by atoms with Gasteiger partial charge in [0.05, 0.1) is 0 Å².